The maximum atomic E-state index is 11.4. The molecule has 4 radical (unpaired) electrons. The standard InChI is InChI=1S/C29H50O2.2C9H12O2.4Ac.H2O/c1-20(2)12-9-13-21(3)14-10-15-22(4)16-11-18-29(8)19-17-26-25(7)27(30)23(5)24(6)28(26)31-29;1-6-4-7(10)5-9(2,3)8(6)11;1-5-4-8(10)6(2)7(3)9(5)11;;;;;/h20-22,30H,9-19H2,1-8H3;4H,5H2,1-3H3;4,10-11H,1-3H3;;;;;1H2. The number of fused-ring (bicyclic) bond motifs is 1. The molecular weight excluding hydrogens is 1580 g/mol. The molecule has 0 bridgehead atoms. The van der Waals surface area contributed by atoms with Crippen molar-refractivity contribution < 1.29 is 211 Å². The first-order chi connectivity index (χ1) is 24.5. The predicted molar refractivity (Wildman–Crippen MR) is 224 cm³/mol. The topological polar surface area (TPSA) is 136 Å². The molecular formula is C47H76Ac4O7. The van der Waals surface area contributed by atoms with Gasteiger partial charge in [0, 0.05) is 194 Å². The molecule has 3 unspecified atom stereocenters. The number of benzene rings is 2. The van der Waals surface area contributed by atoms with E-state index in [1.807, 2.05) is 27.7 Å². The monoisotopic (exact) mass is 1660 g/mol. The zero-order valence-electron chi connectivity index (χ0n) is 38.7. The Hall–Kier alpha value is 2.45. The number of aromatic hydroxyl groups is 3. The Morgan fingerprint density at radius 1 is 0.672 bits per heavy atom. The van der Waals surface area contributed by atoms with Crippen LogP contribution < -0.4 is 4.74 Å². The molecule has 1 aliphatic heterocycles. The number of carbonyl (C=O) groups excluding carboxylic acids is 2. The Kier molecular flexibility index (Phi) is 36.3. The molecule has 0 amide bonds. The van der Waals surface area contributed by atoms with Crippen LogP contribution in [0.5, 0.6) is 23.0 Å². The third-order valence-corrected chi connectivity index (χ3v) is 11.9. The summed E-state index contributed by atoms with van der Waals surface area (Å²) in [6, 6.07) is 1.57. The van der Waals surface area contributed by atoms with Crippen molar-refractivity contribution in [2.75, 3.05) is 0 Å². The van der Waals surface area contributed by atoms with Crippen molar-refractivity contribution in [3.05, 3.63) is 56.7 Å². The van der Waals surface area contributed by atoms with Gasteiger partial charge in [0.25, 0.3) is 0 Å². The number of hydrogen-bond donors (Lipinski definition) is 3. The van der Waals surface area contributed by atoms with Gasteiger partial charge < -0.3 is 25.5 Å². The molecule has 1 heterocycles. The summed E-state index contributed by atoms with van der Waals surface area (Å²) < 4.78 is 6.60. The molecule has 318 valence electrons. The number of Topliss-reactive ketones (excluding diaryl/α,β-unsaturated/α-hetero) is 1. The van der Waals surface area contributed by atoms with Crippen molar-refractivity contribution in [3.8, 4) is 23.0 Å². The molecule has 5 N–H and O–H groups in total. The first kappa shape index (κ1) is 67.0. The number of allylic oxidation sites excluding steroid dienone is 2. The van der Waals surface area contributed by atoms with E-state index in [1.165, 1.54) is 63.0 Å². The average Bonchev–Trinajstić information content (AvgIpc) is 3.07. The SMILES string of the molecule is CC1=CC(=O)CC(C)(C)C1=O.Cc1c(C)c2c(c(C)c1O)CCC(C)(CCCC(C)CCCC(C)CCCC(C)C)O2.Cc1cc(O)c(C)c(C)c1O.O.[Ac].[Ac].[Ac].[Ac]. The van der Waals surface area contributed by atoms with E-state index in [0.29, 0.717) is 23.3 Å². The molecule has 11 heteroatoms. The van der Waals surface area contributed by atoms with Gasteiger partial charge in [-0.25, -0.2) is 0 Å². The number of carbonyl (C=O) groups is 2. The van der Waals surface area contributed by atoms with Crippen LogP contribution in [0.2, 0.25) is 0 Å². The van der Waals surface area contributed by atoms with Gasteiger partial charge in [0.1, 0.15) is 28.6 Å². The predicted octanol–water partition coefficient (Wildman–Crippen LogP) is 11.5. The van der Waals surface area contributed by atoms with Crippen LogP contribution in [0.25, 0.3) is 0 Å². The zero-order chi connectivity index (χ0) is 40.4. The molecule has 2 aromatic rings. The van der Waals surface area contributed by atoms with Crippen LogP contribution >= 0.6 is 0 Å². The summed E-state index contributed by atoms with van der Waals surface area (Å²) in [6.07, 6.45) is 15.8. The second-order valence-corrected chi connectivity index (χ2v) is 17.9. The molecule has 0 aromatic heterocycles. The Morgan fingerprint density at radius 3 is 1.66 bits per heavy atom. The van der Waals surface area contributed by atoms with Crippen LogP contribution in [0.15, 0.2) is 17.7 Å². The van der Waals surface area contributed by atoms with E-state index in [9.17, 15) is 24.9 Å². The Morgan fingerprint density at radius 2 is 1.16 bits per heavy atom. The molecule has 0 spiro atoms. The van der Waals surface area contributed by atoms with Crippen LogP contribution in [-0.4, -0.2) is 38.0 Å². The van der Waals surface area contributed by atoms with E-state index in [4.69, 9.17) is 4.74 Å². The molecule has 58 heavy (non-hydrogen) atoms. The van der Waals surface area contributed by atoms with E-state index in [0.717, 1.165) is 70.6 Å². The minimum Gasteiger partial charge on any atom is -0.508 e. The maximum Gasteiger partial charge on any atom is 0.164 e. The normalized spacial score (nSPS) is 17.3. The summed E-state index contributed by atoms with van der Waals surface area (Å²) in [4.78, 5) is 22.4. The van der Waals surface area contributed by atoms with Crippen molar-refractivity contribution in [3.63, 3.8) is 0 Å². The molecule has 1 aliphatic carbocycles. The van der Waals surface area contributed by atoms with Crippen LogP contribution in [0.4, 0.5) is 0 Å². The van der Waals surface area contributed by atoms with Crippen molar-refractivity contribution in [2.45, 2.75) is 180 Å². The number of aryl methyl sites for hydroxylation is 1. The van der Waals surface area contributed by atoms with E-state index >= 15 is 0 Å². The molecule has 4 rings (SSSR count). The molecule has 0 saturated carbocycles. The van der Waals surface area contributed by atoms with Gasteiger partial charge in [-0.15, -0.1) is 0 Å². The fourth-order valence-electron chi connectivity index (χ4n) is 7.73. The van der Waals surface area contributed by atoms with E-state index in [1.54, 1.807) is 33.8 Å². The van der Waals surface area contributed by atoms with Crippen LogP contribution in [0.1, 0.15) is 165 Å². The number of hydrogen-bond acceptors (Lipinski definition) is 6. The Labute approximate surface area is 496 Å². The first-order valence-electron chi connectivity index (χ1n) is 20.3. The summed E-state index contributed by atoms with van der Waals surface area (Å²) >= 11 is 0. The molecule has 7 nitrogen and oxygen atoms in total. The van der Waals surface area contributed by atoms with E-state index < -0.39 is 5.41 Å². The van der Waals surface area contributed by atoms with Crippen molar-refractivity contribution >= 4 is 11.6 Å². The summed E-state index contributed by atoms with van der Waals surface area (Å²) in [5, 5.41) is 29.1. The molecule has 2 aromatic carbocycles. The minimum absolute atomic E-state index is 0. The summed E-state index contributed by atoms with van der Waals surface area (Å²) in [5.41, 5.74) is 6.55. The van der Waals surface area contributed by atoms with Gasteiger partial charge in [0.2, 0.25) is 0 Å². The molecule has 2 aliphatic rings. The summed E-state index contributed by atoms with van der Waals surface area (Å²) in [6.45, 7) is 28.6. The quantitative estimate of drug-likeness (QED) is 0.181. The number of ether oxygens (including phenoxy) is 1. The average molecular weight is 1660 g/mol. The zero-order valence-corrected chi connectivity index (χ0v) is 57.7. The number of phenols is 3. The van der Waals surface area contributed by atoms with Gasteiger partial charge in [-0.2, -0.15) is 0 Å². The molecule has 0 fully saturated rings. The van der Waals surface area contributed by atoms with Crippen molar-refractivity contribution in [2.24, 2.45) is 23.2 Å². The van der Waals surface area contributed by atoms with Gasteiger partial charge >= 0.3 is 0 Å². The number of rotatable bonds is 12. The summed E-state index contributed by atoms with van der Waals surface area (Å²) in [5.74, 6) is 4.72. The van der Waals surface area contributed by atoms with Crippen molar-refractivity contribution in [1.29, 1.82) is 0 Å². The number of phenolic OH excluding ortho intramolecular Hbond substituents is 3. The Balaban J connectivity index is -0.000000446. The minimum atomic E-state index is -0.476. The summed E-state index contributed by atoms with van der Waals surface area (Å²) in [7, 11) is 0. The fraction of sp³-hybridized carbons (Fsp3) is 0.660. The second-order valence-electron chi connectivity index (χ2n) is 17.9. The second kappa shape index (κ2) is 31.4. The Bertz CT molecular complexity index is 1590. The van der Waals surface area contributed by atoms with Crippen LogP contribution in [0, 0.1) is 241 Å². The van der Waals surface area contributed by atoms with Gasteiger partial charge in [0.15, 0.2) is 11.6 Å². The van der Waals surface area contributed by atoms with Gasteiger partial charge in [-0.3, -0.25) is 9.59 Å². The van der Waals surface area contributed by atoms with E-state index in [-0.39, 0.29) is 210 Å². The fourth-order valence-corrected chi connectivity index (χ4v) is 7.73. The first-order valence-corrected chi connectivity index (χ1v) is 20.3. The number of ketones is 2. The van der Waals surface area contributed by atoms with Gasteiger partial charge in [-0.1, -0.05) is 86.5 Å². The molecule has 3 atom stereocenters. The van der Waals surface area contributed by atoms with Gasteiger partial charge in [0.05, 0.1) is 0 Å². The van der Waals surface area contributed by atoms with Gasteiger partial charge in [-0.05, 0) is 150 Å². The van der Waals surface area contributed by atoms with Crippen LogP contribution in [0.3, 0.4) is 0 Å². The maximum absolute atomic E-state index is 11.4. The molecule has 0 saturated heterocycles. The van der Waals surface area contributed by atoms with Crippen LogP contribution in [-0.2, 0) is 16.0 Å². The van der Waals surface area contributed by atoms with E-state index in [2.05, 4.69) is 41.5 Å². The smallest absolute Gasteiger partial charge is 0.164 e. The third-order valence-electron chi connectivity index (χ3n) is 11.9. The van der Waals surface area contributed by atoms with Crippen molar-refractivity contribution in [1.82, 2.24) is 0 Å². The third kappa shape index (κ3) is 21.2. The largest absolute Gasteiger partial charge is 0.508 e.